The molecule has 174 valence electrons. The minimum atomic E-state index is -3.74. The van der Waals surface area contributed by atoms with Gasteiger partial charge in [-0.05, 0) is 36.4 Å². The molecule has 1 N–H and O–H groups in total. The van der Waals surface area contributed by atoms with E-state index >= 15 is 0 Å². The maximum Gasteiger partial charge on any atom is 0.292 e. The Bertz CT molecular complexity index is 1200. The zero-order valence-electron chi connectivity index (χ0n) is 17.7. The van der Waals surface area contributed by atoms with Gasteiger partial charge in [0.15, 0.2) is 17.5 Å². The minimum absolute atomic E-state index is 0.0421. The highest BCUT2D eigenvalue weighted by Gasteiger charge is 2.47. The fourth-order valence-corrected chi connectivity index (χ4v) is 5.97. The molecule has 0 radical (unpaired) electrons. The van der Waals surface area contributed by atoms with Crippen LogP contribution in [0.15, 0.2) is 47.4 Å². The van der Waals surface area contributed by atoms with E-state index < -0.39 is 21.9 Å². The Balaban J connectivity index is 1.27. The molecule has 0 bridgehead atoms. The molecular formula is C22H23FN3O6S+. The third kappa shape index (κ3) is 3.96. The van der Waals surface area contributed by atoms with Crippen molar-refractivity contribution in [3.63, 3.8) is 0 Å². The molecule has 1 atom stereocenters. The summed E-state index contributed by atoms with van der Waals surface area (Å²) in [4.78, 5) is 27.6. The van der Waals surface area contributed by atoms with Crippen LogP contribution >= 0.6 is 0 Å². The molecule has 11 heteroatoms. The van der Waals surface area contributed by atoms with E-state index in [1.165, 1.54) is 40.7 Å². The van der Waals surface area contributed by atoms with Crippen LogP contribution in [0.1, 0.15) is 6.42 Å². The highest BCUT2D eigenvalue weighted by molar-refractivity contribution is 7.89. The standard InChI is InChI=1S/C22H22FN3O6S/c23-15-1-3-16(4-2-15)26-21(27)14-18(22(26)28)24-7-9-25(10-8-24)33(29,30)17-5-6-19-20(13-17)32-12-11-31-19/h1-6,13,18H,7-12,14H2/p+1/t18-/m1/s1. The molecular weight excluding hydrogens is 453 g/mol. The van der Waals surface area contributed by atoms with Gasteiger partial charge in [-0.2, -0.15) is 4.31 Å². The summed E-state index contributed by atoms with van der Waals surface area (Å²) >= 11 is 0. The van der Waals surface area contributed by atoms with E-state index in [4.69, 9.17) is 9.47 Å². The van der Waals surface area contributed by atoms with Crippen molar-refractivity contribution in [1.82, 2.24) is 4.31 Å². The van der Waals surface area contributed by atoms with Crippen molar-refractivity contribution in [2.45, 2.75) is 17.4 Å². The number of nitrogens with zero attached hydrogens (tertiary/aromatic N) is 2. The summed E-state index contributed by atoms with van der Waals surface area (Å²) in [5, 5.41) is 0. The molecule has 2 saturated heterocycles. The van der Waals surface area contributed by atoms with Crippen molar-refractivity contribution in [2.24, 2.45) is 0 Å². The first kappa shape index (κ1) is 21.8. The largest absolute Gasteiger partial charge is 0.486 e. The lowest BCUT2D eigenvalue weighted by Crippen LogP contribution is -3.19. The second-order valence-electron chi connectivity index (χ2n) is 8.17. The summed E-state index contributed by atoms with van der Waals surface area (Å²) in [6.07, 6.45) is 0.0421. The van der Waals surface area contributed by atoms with Gasteiger partial charge >= 0.3 is 0 Å². The summed E-state index contributed by atoms with van der Waals surface area (Å²) in [6, 6.07) is 9.21. The summed E-state index contributed by atoms with van der Waals surface area (Å²) in [6.45, 7) is 2.02. The van der Waals surface area contributed by atoms with Crippen LogP contribution < -0.4 is 19.3 Å². The Kier molecular flexibility index (Phi) is 5.55. The Hall–Kier alpha value is -3.02. The number of piperazine rings is 1. The third-order valence-electron chi connectivity index (χ3n) is 6.24. The van der Waals surface area contributed by atoms with Crippen LogP contribution in [-0.4, -0.2) is 70.0 Å². The molecule has 2 amide bonds. The molecule has 0 aliphatic carbocycles. The van der Waals surface area contributed by atoms with Gasteiger partial charge in [-0.1, -0.05) is 0 Å². The molecule has 3 heterocycles. The van der Waals surface area contributed by atoms with E-state index in [2.05, 4.69) is 0 Å². The number of carbonyl (C=O) groups is 2. The number of imide groups is 1. The summed E-state index contributed by atoms with van der Waals surface area (Å²) in [5.41, 5.74) is 0.341. The number of hydrogen-bond donors (Lipinski definition) is 1. The lowest BCUT2D eigenvalue weighted by atomic mass is 10.2. The molecule has 0 unspecified atom stereocenters. The molecule has 9 nitrogen and oxygen atoms in total. The summed E-state index contributed by atoms with van der Waals surface area (Å²) in [7, 11) is -3.74. The van der Waals surface area contributed by atoms with Crippen LogP contribution in [0.25, 0.3) is 0 Å². The maximum absolute atomic E-state index is 13.2. The number of anilines is 1. The van der Waals surface area contributed by atoms with Crippen LogP contribution in [0, 0.1) is 5.82 Å². The van der Waals surface area contributed by atoms with Gasteiger partial charge in [-0.3, -0.25) is 9.59 Å². The maximum atomic E-state index is 13.2. The molecule has 5 rings (SSSR count). The highest BCUT2D eigenvalue weighted by atomic mass is 32.2. The van der Waals surface area contributed by atoms with Crippen molar-refractivity contribution in [3.05, 3.63) is 48.3 Å². The fraction of sp³-hybridized carbons (Fsp3) is 0.364. The average molecular weight is 477 g/mol. The van der Waals surface area contributed by atoms with E-state index in [1.807, 2.05) is 0 Å². The minimum Gasteiger partial charge on any atom is -0.486 e. The number of ether oxygens (including phenoxy) is 2. The van der Waals surface area contributed by atoms with Crippen molar-refractivity contribution in [2.75, 3.05) is 44.3 Å². The lowest BCUT2D eigenvalue weighted by molar-refractivity contribution is -0.918. The number of amides is 2. The molecule has 3 aliphatic rings. The van der Waals surface area contributed by atoms with E-state index in [0.29, 0.717) is 43.5 Å². The van der Waals surface area contributed by atoms with Crippen LogP contribution in [0.3, 0.4) is 0 Å². The van der Waals surface area contributed by atoms with Crippen LogP contribution in [-0.2, 0) is 19.6 Å². The van der Waals surface area contributed by atoms with E-state index in [0.717, 1.165) is 9.80 Å². The van der Waals surface area contributed by atoms with Gasteiger partial charge in [0.25, 0.3) is 5.91 Å². The van der Waals surface area contributed by atoms with Crippen molar-refractivity contribution < 1.29 is 36.8 Å². The summed E-state index contributed by atoms with van der Waals surface area (Å²) < 4.78 is 51.8. The second kappa shape index (κ2) is 8.40. The molecule has 3 aliphatic heterocycles. The zero-order chi connectivity index (χ0) is 23.2. The average Bonchev–Trinajstić information content (AvgIpc) is 3.13. The van der Waals surface area contributed by atoms with Gasteiger partial charge in [0.05, 0.1) is 43.2 Å². The van der Waals surface area contributed by atoms with Crippen LogP contribution in [0.5, 0.6) is 11.5 Å². The van der Waals surface area contributed by atoms with Gasteiger partial charge in [0.2, 0.25) is 15.9 Å². The van der Waals surface area contributed by atoms with Crippen molar-refractivity contribution >= 4 is 27.5 Å². The van der Waals surface area contributed by atoms with Crippen LogP contribution in [0.2, 0.25) is 0 Å². The lowest BCUT2D eigenvalue weighted by Gasteiger charge is -2.33. The van der Waals surface area contributed by atoms with Crippen molar-refractivity contribution in [1.29, 1.82) is 0 Å². The Morgan fingerprint density at radius 2 is 1.61 bits per heavy atom. The van der Waals surface area contributed by atoms with Gasteiger partial charge < -0.3 is 14.4 Å². The molecule has 33 heavy (non-hydrogen) atoms. The van der Waals surface area contributed by atoms with Crippen LogP contribution in [0.4, 0.5) is 10.1 Å². The first-order valence-corrected chi connectivity index (χ1v) is 12.2. The molecule has 2 aromatic rings. The fourth-order valence-electron chi connectivity index (χ4n) is 4.51. The number of benzene rings is 2. The predicted octanol–water partition coefficient (Wildman–Crippen LogP) is -0.182. The van der Waals surface area contributed by atoms with Gasteiger partial charge in [0, 0.05) is 6.07 Å². The molecule has 2 aromatic carbocycles. The smallest absolute Gasteiger partial charge is 0.292 e. The first-order chi connectivity index (χ1) is 15.8. The Morgan fingerprint density at radius 3 is 2.30 bits per heavy atom. The zero-order valence-corrected chi connectivity index (χ0v) is 18.5. The monoisotopic (exact) mass is 476 g/mol. The third-order valence-corrected chi connectivity index (χ3v) is 8.13. The molecule has 0 spiro atoms. The Morgan fingerprint density at radius 1 is 0.939 bits per heavy atom. The van der Waals surface area contributed by atoms with Gasteiger partial charge in [-0.15, -0.1) is 0 Å². The number of carbonyl (C=O) groups excluding carboxylic acids is 2. The number of rotatable bonds is 4. The van der Waals surface area contributed by atoms with Gasteiger partial charge in [-0.25, -0.2) is 17.7 Å². The summed E-state index contributed by atoms with van der Waals surface area (Å²) in [5.74, 6) is -0.206. The number of hydrogen-bond acceptors (Lipinski definition) is 6. The number of sulfonamides is 1. The van der Waals surface area contributed by atoms with E-state index in [-0.39, 0.29) is 36.2 Å². The molecule has 0 saturated carbocycles. The number of fused-ring (bicyclic) bond motifs is 1. The quantitative estimate of drug-likeness (QED) is 0.615. The molecule has 0 aromatic heterocycles. The number of quaternary nitrogens is 1. The number of nitrogens with one attached hydrogen (secondary N) is 1. The molecule has 2 fully saturated rings. The van der Waals surface area contributed by atoms with E-state index in [1.54, 1.807) is 6.07 Å². The Labute approximate surface area is 190 Å². The second-order valence-corrected chi connectivity index (χ2v) is 10.1. The van der Waals surface area contributed by atoms with E-state index in [9.17, 15) is 22.4 Å². The topological polar surface area (TPSA) is 97.7 Å². The predicted molar refractivity (Wildman–Crippen MR) is 114 cm³/mol. The normalized spacial score (nSPS) is 22.1. The first-order valence-electron chi connectivity index (χ1n) is 10.7. The highest BCUT2D eigenvalue weighted by Crippen LogP contribution is 2.33. The van der Waals surface area contributed by atoms with Crippen molar-refractivity contribution in [3.8, 4) is 11.5 Å². The van der Waals surface area contributed by atoms with Gasteiger partial charge in [0.1, 0.15) is 19.0 Å². The number of halogens is 1. The SMILES string of the molecule is O=C1C[C@@H]([NH+]2CCN(S(=O)(=O)c3ccc4c(c3)OCCO4)CC2)C(=O)N1c1ccc(F)cc1.